The van der Waals surface area contributed by atoms with E-state index in [1.165, 1.54) is 18.4 Å². The molecule has 0 spiro atoms. The number of benzene rings is 1. The van der Waals surface area contributed by atoms with Crippen molar-refractivity contribution in [2.45, 2.75) is 38.2 Å². The molecular formula is C22H26N2O2. The first-order valence-corrected chi connectivity index (χ1v) is 9.70. The molecule has 1 amide bonds. The standard InChI is InChI=1S/C22H26N2O2/c25-22(18-9-4-5-10-18)24-13-14-26-21(16-24)20-12-6-11-19(23-20)15-17-7-2-1-3-8-17/h1-3,6-8,11-12,18,21H,4-5,9-10,13-16H2/t21-/m0/s1. The first kappa shape index (κ1) is 17.2. The molecule has 2 heterocycles. The van der Waals surface area contributed by atoms with Crippen molar-refractivity contribution in [3.05, 3.63) is 65.5 Å². The maximum absolute atomic E-state index is 12.7. The van der Waals surface area contributed by atoms with Crippen LogP contribution in [0, 0.1) is 5.92 Å². The van der Waals surface area contributed by atoms with Crippen molar-refractivity contribution in [2.24, 2.45) is 5.92 Å². The van der Waals surface area contributed by atoms with Crippen molar-refractivity contribution in [3.8, 4) is 0 Å². The van der Waals surface area contributed by atoms with Crippen molar-refractivity contribution in [1.29, 1.82) is 0 Å². The highest BCUT2D eigenvalue weighted by Crippen LogP contribution is 2.29. The number of hydrogen-bond acceptors (Lipinski definition) is 3. The lowest BCUT2D eigenvalue weighted by molar-refractivity contribution is -0.143. The van der Waals surface area contributed by atoms with Crippen molar-refractivity contribution in [2.75, 3.05) is 19.7 Å². The molecule has 4 rings (SSSR count). The maximum Gasteiger partial charge on any atom is 0.225 e. The van der Waals surface area contributed by atoms with Crippen molar-refractivity contribution >= 4 is 5.91 Å². The highest BCUT2D eigenvalue weighted by molar-refractivity contribution is 5.79. The molecule has 1 aromatic heterocycles. The van der Waals surface area contributed by atoms with Gasteiger partial charge in [0.05, 0.1) is 18.8 Å². The first-order valence-electron chi connectivity index (χ1n) is 9.70. The first-order chi connectivity index (χ1) is 12.8. The lowest BCUT2D eigenvalue weighted by Crippen LogP contribution is -2.44. The van der Waals surface area contributed by atoms with Gasteiger partial charge in [0.25, 0.3) is 0 Å². The van der Waals surface area contributed by atoms with Gasteiger partial charge in [0.15, 0.2) is 0 Å². The predicted molar refractivity (Wildman–Crippen MR) is 101 cm³/mol. The third kappa shape index (κ3) is 3.96. The second-order valence-corrected chi connectivity index (χ2v) is 7.34. The largest absolute Gasteiger partial charge is 0.368 e. The second kappa shape index (κ2) is 8.00. The molecule has 0 N–H and O–H groups in total. The Morgan fingerprint density at radius 2 is 1.88 bits per heavy atom. The number of morpholine rings is 1. The van der Waals surface area contributed by atoms with Gasteiger partial charge < -0.3 is 9.64 Å². The molecule has 136 valence electrons. The van der Waals surface area contributed by atoms with E-state index >= 15 is 0 Å². The van der Waals surface area contributed by atoms with Gasteiger partial charge in [-0.25, -0.2) is 0 Å². The molecule has 0 unspecified atom stereocenters. The summed E-state index contributed by atoms with van der Waals surface area (Å²) in [7, 11) is 0. The summed E-state index contributed by atoms with van der Waals surface area (Å²) in [5.74, 6) is 0.544. The van der Waals surface area contributed by atoms with Gasteiger partial charge in [-0.1, -0.05) is 49.2 Å². The average Bonchev–Trinajstić information content (AvgIpc) is 3.23. The summed E-state index contributed by atoms with van der Waals surface area (Å²) in [4.78, 5) is 19.6. The summed E-state index contributed by atoms with van der Waals surface area (Å²) in [6.45, 7) is 1.92. The summed E-state index contributed by atoms with van der Waals surface area (Å²) >= 11 is 0. The van der Waals surface area contributed by atoms with E-state index in [9.17, 15) is 4.79 Å². The topological polar surface area (TPSA) is 42.4 Å². The van der Waals surface area contributed by atoms with Gasteiger partial charge in [0.2, 0.25) is 5.91 Å². The molecule has 0 radical (unpaired) electrons. The molecule has 2 aromatic rings. The Balaban J connectivity index is 1.45. The van der Waals surface area contributed by atoms with Crippen LogP contribution in [0.15, 0.2) is 48.5 Å². The quantitative estimate of drug-likeness (QED) is 0.843. The zero-order valence-electron chi connectivity index (χ0n) is 15.1. The lowest BCUT2D eigenvalue weighted by Gasteiger charge is -2.34. The smallest absolute Gasteiger partial charge is 0.225 e. The number of carbonyl (C=O) groups excluding carboxylic acids is 1. The molecule has 1 atom stereocenters. The van der Waals surface area contributed by atoms with E-state index < -0.39 is 0 Å². The number of hydrogen-bond donors (Lipinski definition) is 0. The Morgan fingerprint density at radius 3 is 2.69 bits per heavy atom. The highest BCUT2D eigenvalue weighted by Gasteiger charge is 2.31. The van der Waals surface area contributed by atoms with E-state index in [0.29, 0.717) is 25.6 Å². The number of rotatable bonds is 4. The lowest BCUT2D eigenvalue weighted by atomic mass is 10.0. The van der Waals surface area contributed by atoms with Crippen molar-refractivity contribution in [3.63, 3.8) is 0 Å². The van der Waals surface area contributed by atoms with Crippen LogP contribution in [-0.4, -0.2) is 35.5 Å². The minimum absolute atomic E-state index is 0.121. The van der Waals surface area contributed by atoms with Crippen LogP contribution in [0.4, 0.5) is 0 Å². The van der Waals surface area contributed by atoms with Gasteiger partial charge in [-0.3, -0.25) is 9.78 Å². The van der Waals surface area contributed by atoms with Gasteiger partial charge in [-0.2, -0.15) is 0 Å². The summed E-state index contributed by atoms with van der Waals surface area (Å²) in [5, 5.41) is 0. The van der Waals surface area contributed by atoms with E-state index in [1.54, 1.807) is 0 Å². The van der Waals surface area contributed by atoms with Crippen LogP contribution in [0.3, 0.4) is 0 Å². The second-order valence-electron chi connectivity index (χ2n) is 7.34. The predicted octanol–water partition coefficient (Wildman–Crippen LogP) is 3.76. The van der Waals surface area contributed by atoms with Crippen molar-refractivity contribution in [1.82, 2.24) is 9.88 Å². The fourth-order valence-electron chi connectivity index (χ4n) is 4.04. The van der Waals surface area contributed by atoms with Gasteiger partial charge in [-0.05, 0) is 30.5 Å². The van der Waals surface area contributed by atoms with Crippen LogP contribution in [0.2, 0.25) is 0 Å². The Kier molecular flexibility index (Phi) is 5.30. The third-order valence-corrected chi connectivity index (χ3v) is 5.47. The van der Waals surface area contributed by atoms with Gasteiger partial charge in [-0.15, -0.1) is 0 Å². The summed E-state index contributed by atoms with van der Waals surface area (Å²) in [5.41, 5.74) is 3.22. The van der Waals surface area contributed by atoms with Crippen LogP contribution in [0.5, 0.6) is 0 Å². The van der Waals surface area contributed by atoms with Crippen LogP contribution in [0.1, 0.15) is 48.7 Å². The molecule has 4 nitrogen and oxygen atoms in total. The molecule has 2 fully saturated rings. The average molecular weight is 350 g/mol. The van der Waals surface area contributed by atoms with E-state index in [4.69, 9.17) is 9.72 Å². The molecule has 1 saturated heterocycles. The molecule has 2 aliphatic rings. The zero-order chi connectivity index (χ0) is 17.8. The Hall–Kier alpha value is -2.20. The number of nitrogens with zero attached hydrogens (tertiary/aromatic N) is 2. The minimum atomic E-state index is -0.121. The number of amides is 1. The Labute approximate surface area is 155 Å². The summed E-state index contributed by atoms with van der Waals surface area (Å²) < 4.78 is 5.96. The highest BCUT2D eigenvalue weighted by atomic mass is 16.5. The van der Waals surface area contributed by atoms with Crippen LogP contribution >= 0.6 is 0 Å². The Morgan fingerprint density at radius 1 is 1.08 bits per heavy atom. The molecule has 1 aliphatic heterocycles. The molecule has 1 aliphatic carbocycles. The maximum atomic E-state index is 12.7. The number of aromatic nitrogens is 1. The van der Waals surface area contributed by atoms with Crippen LogP contribution < -0.4 is 0 Å². The fraction of sp³-hybridized carbons (Fsp3) is 0.455. The van der Waals surface area contributed by atoms with E-state index in [1.807, 2.05) is 23.1 Å². The Bertz CT molecular complexity index is 741. The molecule has 1 saturated carbocycles. The third-order valence-electron chi connectivity index (χ3n) is 5.47. The number of pyridine rings is 1. The van der Waals surface area contributed by atoms with Crippen LogP contribution in [-0.2, 0) is 16.0 Å². The SMILES string of the molecule is O=C(C1CCCC1)N1CCO[C@H](c2cccc(Cc3ccccc3)n2)C1. The van der Waals surface area contributed by atoms with Gasteiger partial charge in [0.1, 0.15) is 6.10 Å². The van der Waals surface area contributed by atoms with E-state index in [2.05, 4.69) is 30.3 Å². The monoisotopic (exact) mass is 350 g/mol. The molecule has 4 heteroatoms. The number of carbonyl (C=O) groups is 1. The van der Waals surface area contributed by atoms with Crippen LogP contribution in [0.25, 0.3) is 0 Å². The van der Waals surface area contributed by atoms with Crippen molar-refractivity contribution < 1.29 is 9.53 Å². The zero-order valence-corrected chi connectivity index (χ0v) is 15.1. The minimum Gasteiger partial charge on any atom is -0.368 e. The fourth-order valence-corrected chi connectivity index (χ4v) is 4.04. The normalized spacial score (nSPS) is 21.1. The number of ether oxygens (including phenoxy) is 1. The van der Waals surface area contributed by atoms with Gasteiger partial charge >= 0.3 is 0 Å². The van der Waals surface area contributed by atoms with Gasteiger partial charge in [0, 0.05) is 24.6 Å². The molecule has 26 heavy (non-hydrogen) atoms. The van der Waals surface area contributed by atoms with E-state index in [-0.39, 0.29) is 12.0 Å². The molecular weight excluding hydrogens is 324 g/mol. The summed E-state index contributed by atoms with van der Waals surface area (Å²) in [6, 6.07) is 16.5. The van der Waals surface area contributed by atoms with E-state index in [0.717, 1.165) is 30.7 Å². The molecule has 1 aromatic carbocycles. The summed E-state index contributed by atoms with van der Waals surface area (Å²) in [6.07, 6.45) is 5.16. The molecule has 0 bridgehead atoms.